The van der Waals surface area contributed by atoms with E-state index < -0.39 is 12.0 Å². The molecule has 1 rings (SSSR count). The fraction of sp³-hybridized carbons (Fsp3) is 0.400. The van der Waals surface area contributed by atoms with Gasteiger partial charge in [0.15, 0.2) is 0 Å². The number of esters is 1. The maximum absolute atomic E-state index is 11.4. The molecule has 0 saturated heterocycles. The van der Waals surface area contributed by atoms with E-state index in [4.69, 9.17) is 33.0 Å². The van der Waals surface area contributed by atoms with Crippen molar-refractivity contribution in [2.45, 2.75) is 12.6 Å². The van der Waals surface area contributed by atoms with Gasteiger partial charge in [-0.2, -0.15) is 0 Å². The van der Waals surface area contributed by atoms with Crippen LogP contribution in [0.2, 0.25) is 10.3 Å². The molecule has 1 aromatic heterocycles. The predicted octanol–water partition coefficient (Wildman–Crippen LogP) is 1.01. The van der Waals surface area contributed by atoms with Crippen LogP contribution in [-0.2, 0) is 16.1 Å². The predicted molar refractivity (Wildman–Crippen MR) is 64.0 cm³/mol. The van der Waals surface area contributed by atoms with Gasteiger partial charge in [0.25, 0.3) is 0 Å². The maximum Gasteiger partial charge on any atom is 0.325 e. The molecule has 0 amide bonds. The molecule has 0 saturated carbocycles. The second-order valence-electron chi connectivity index (χ2n) is 3.25. The van der Waals surface area contributed by atoms with Gasteiger partial charge in [-0.3, -0.25) is 4.79 Å². The lowest BCUT2D eigenvalue weighted by molar-refractivity contribution is -0.148. The smallest absolute Gasteiger partial charge is 0.325 e. The number of pyridine rings is 1. The second kappa shape index (κ2) is 6.76. The Morgan fingerprint density at radius 2 is 2.12 bits per heavy atom. The number of nitrogens with one attached hydrogen (secondary N) is 1. The summed E-state index contributed by atoms with van der Waals surface area (Å²) in [4.78, 5) is 15.2. The van der Waals surface area contributed by atoms with Gasteiger partial charge in [-0.1, -0.05) is 23.2 Å². The van der Waals surface area contributed by atoms with Gasteiger partial charge in [0.2, 0.25) is 0 Å². The number of aliphatic hydroxyl groups excluding tert-OH is 1. The summed E-state index contributed by atoms with van der Waals surface area (Å²) in [6.45, 7) is -0.299. The summed E-state index contributed by atoms with van der Waals surface area (Å²) in [6, 6.07) is 2.37. The van der Waals surface area contributed by atoms with E-state index in [0.717, 1.165) is 0 Å². The van der Waals surface area contributed by atoms with Crippen molar-refractivity contribution in [2.75, 3.05) is 13.7 Å². The van der Waals surface area contributed by atoms with Crippen LogP contribution in [0.25, 0.3) is 0 Å². The first-order chi connectivity index (χ1) is 8.06. The van der Waals surface area contributed by atoms with Gasteiger partial charge < -0.3 is 15.2 Å². The largest absolute Gasteiger partial charge is 0.460 e. The summed E-state index contributed by atoms with van der Waals surface area (Å²) in [7, 11) is 1.56. The molecular weight excluding hydrogens is 267 g/mol. The van der Waals surface area contributed by atoms with E-state index in [2.05, 4.69) is 10.3 Å². The van der Waals surface area contributed by atoms with Gasteiger partial charge >= 0.3 is 5.97 Å². The summed E-state index contributed by atoms with van der Waals surface area (Å²) >= 11 is 11.4. The van der Waals surface area contributed by atoms with Crippen molar-refractivity contribution in [1.82, 2.24) is 10.3 Å². The molecule has 17 heavy (non-hydrogen) atoms. The Hall–Kier alpha value is -0.880. The summed E-state index contributed by atoms with van der Waals surface area (Å²) in [5, 5.41) is 12.0. The van der Waals surface area contributed by atoms with Gasteiger partial charge in [-0.15, -0.1) is 0 Å². The third-order valence-electron chi connectivity index (χ3n) is 2.02. The molecule has 0 unspecified atom stereocenters. The Labute approximate surface area is 109 Å². The highest BCUT2D eigenvalue weighted by Crippen LogP contribution is 2.15. The number of aliphatic hydroxyl groups is 1. The van der Waals surface area contributed by atoms with Crippen molar-refractivity contribution in [1.29, 1.82) is 0 Å². The lowest BCUT2D eigenvalue weighted by Crippen LogP contribution is -2.38. The Bertz CT molecular complexity index is 377. The van der Waals surface area contributed by atoms with Gasteiger partial charge in [0.1, 0.15) is 23.0 Å². The number of likely N-dealkylation sites (N-methyl/N-ethyl adjacent to an activating group) is 1. The van der Waals surface area contributed by atoms with E-state index in [1.54, 1.807) is 19.2 Å². The molecule has 5 nitrogen and oxygen atoms in total. The minimum atomic E-state index is -0.734. The monoisotopic (exact) mass is 278 g/mol. The lowest BCUT2D eigenvalue weighted by Gasteiger charge is -2.12. The molecule has 94 valence electrons. The minimum Gasteiger partial charge on any atom is -0.460 e. The van der Waals surface area contributed by atoms with Crippen LogP contribution in [0.4, 0.5) is 0 Å². The van der Waals surface area contributed by atoms with E-state index >= 15 is 0 Å². The fourth-order valence-electron chi connectivity index (χ4n) is 1.14. The number of carbonyl (C=O) groups is 1. The van der Waals surface area contributed by atoms with Crippen LogP contribution < -0.4 is 5.32 Å². The second-order valence-corrected chi connectivity index (χ2v) is 4.03. The van der Waals surface area contributed by atoms with Crippen LogP contribution in [-0.4, -0.2) is 35.8 Å². The highest BCUT2D eigenvalue weighted by molar-refractivity contribution is 6.32. The van der Waals surface area contributed by atoms with E-state index in [1.807, 2.05) is 0 Å². The Balaban J connectivity index is 2.58. The summed E-state index contributed by atoms with van der Waals surface area (Å²) < 4.78 is 4.98. The highest BCUT2D eigenvalue weighted by atomic mass is 35.5. The minimum absolute atomic E-state index is 0.0268. The summed E-state index contributed by atoms with van der Waals surface area (Å²) in [5.41, 5.74) is 0.635. The van der Waals surface area contributed by atoms with Crippen LogP contribution in [0.1, 0.15) is 5.56 Å². The first kappa shape index (κ1) is 14.2. The van der Waals surface area contributed by atoms with Crippen molar-refractivity contribution in [3.8, 4) is 0 Å². The standard InChI is InChI=1S/C10H12Cl2N2O3/c1-13-7(4-15)10(16)17-5-6-2-8(11)14-9(12)3-6/h2-3,7,13,15H,4-5H2,1H3/t7-/m0/s1. The van der Waals surface area contributed by atoms with Gasteiger partial charge in [0, 0.05) is 0 Å². The zero-order chi connectivity index (χ0) is 12.8. The van der Waals surface area contributed by atoms with Crippen molar-refractivity contribution in [3.63, 3.8) is 0 Å². The van der Waals surface area contributed by atoms with Gasteiger partial charge in [-0.05, 0) is 24.7 Å². The molecule has 1 atom stereocenters. The first-order valence-corrected chi connectivity index (χ1v) is 5.59. The molecule has 0 bridgehead atoms. The van der Waals surface area contributed by atoms with Crippen molar-refractivity contribution < 1.29 is 14.6 Å². The normalized spacial score (nSPS) is 12.2. The zero-order valence-electron chi connectivity index (χ0n) is 9.11. The molecule has 0 aromatic carbocycles. The first-order valence-electron chi connectivity index (χ1n) is 4.83. The molecule has 0 spiro atoms. The van der Waals surface area contributed by atoms with Crippen LogP contribution in [0.3, 0.4) is 0 Å². The van der Waals surface area contributed by atoms with Crippen molar-refractivity contribution in [2.24, 2.45) is 0 Å². The number of halogens is 2. The molecule has 0 radical (unpaired) electrons. The number of ether oxygens (including phenoxy) is 1. The van der Waals surface area contributed by atoms with E-state index in [-0.39, 0.29) is 23.5 Å². The third kappa shape index (κ3) is 4.47. The van der Waals surface area contributed by atoms with E-state index in [9.17, 15) is 4.79 Å². The number of hydrogen-bond acceptors (Lipinski definition) is 5. The molecule has 7 heteroatoms. The quantitative estimate of drug-likeness (QED) is 0.621. The number of hydrogen-bond donors (Lipinski definition) is 2. The van der Waals surface area contributed by atoms with Gasteiger partial charge in [-0.25, -0.2) is 4.98 Å². The summed E-state index contributed by atoms with van der Waals surface area (Å²) in [6.07, 6.45) is 0. The molecule has 0 aliphatic rings. The SMILES string of the molecule is CN[C@@H](CO)C(=O)OCc1cc(Cl)nc(Cl)c1. The molecule has 0 aliphatic heterocycles. The van der Waals surface area contributed by atoms with Crippen molar-refractivity contribution in [3.05, 3.63) is 28.0 Å². The Kier molecular flexibility index (Phi) is 5.64. The van der Waals surface area contributed by atoms with E-state index in [1.165, 1.54) is 0 Å². The Morgan fingerprint density at radius 1 is 1.53 bits per heavy atom. The molecule has 2 N–H and O–H groups in total. The number of nitrogens with zero attached hydrogens (tertiary/aromatic N) is 1. The average Bonchev–Trinajstić information content (AvgIpc) is 2.27. The third-order valence-corrected chi connectivity index (χ3v) is 2.41. The molecule has 0 fully saturated rings. The van der Waals surface area contributed by atoms with Crippen LogP contribution in [0.5, 0.6) is 0 Å². The lowest BCUT2D eigenvalue weighted by atomic mass is 10.3. The Morgan fingerprint density at radius 3 is 2.59 bits per heavy atom. The highest BCUT2D eigenvalue weighted by Gasteiger charge is 2.16. The molecule has 0 aliphatic carbocycles. The number of aromatic nitrogens is 1. The van der Waals surface area contributed by atoms with E-state index in [0.29, 0.717) is 5.56 Å². The molecule has 1 heterocycles. The van der Waals surface area contributed by atoms with Crippen LogP contribution in [0.15, 0.2) is 12.1 Å². The number of rotatable bonds is 5. The van der Waals surface area contributed by atoms with Crippen molar-refractivity contribution >= 4 is 29.2 Å². The molecular formula is C10H12Cl2N2O3. The molecule has 1 aromatic rings. The summed E-state index contributed by atoms with van der Waals surface area (Å²) in [5.74, 6) is -0.543. The van der Waals surface area contributed by atoms with Crippen LogP contribution >= 0.6 is 23.2 Å². The van der Waals surface area contributed by atoms with Gasteiger partial charge in [0.05, 0.1) is 6.61 Å². The topological polar surface area (TPSA) is 71.5 Å². The maximum atomic E-state index is 11.4. The van der Waals surface area contributed by atoms with Crippen LogP contribution in [0, 0.1) is 0 Å². The fourth-order valence-corrected chi connectivity index (χ4v) is 1.64. The number of carbonyl (C=O) groups excluding carboxylic acids is 1. The average molecular weight is 279 g/mol. The zero-order valence-corrected chi connectivity index (χ0v) is 10.6.